The minimum absolute atomic E-state index is 0.0218. The number of anilines is 2. The molecule has 1 amide bonds. The number of carbonyl (C=O) groups is 1. The maximum absolute atomic E-state index is 12.8. The van der Waals surface area contributed by atoms with E-state index in [9.17, 15) is 4.79 Å². The number of fused-ring (bicyclic) bond motifs is 1. The first-order valence-electron chi connectivity index (χ1n) is 7.19. The standard InChI is InChI=1S/C18H17N3O/c1-18(2)17(22)21(16-9-4-3-8-15(16)20-18)12-14-7-5-6-13(10-14)11-19/h3-10,20H,12H2,1-2H3. The topological polar surface area (TPSA) is 56.1 Å². The highest BCUT2D eigenvalue weighted by atomic mass is 16.2. The number of carbonyl (C=O) groups excluding carboxylic acids is 1. The van der Waals surface area contributed by atoms with E-state index in [0.29, 0.717) is 12.1 Å². The second-order valence-electron chi connectivity index (χ2n) is 5.97. The van der Waals surface area contributed by atoms with Gasteiger partial charge in [-0.2, -0.15) is 5.26 Å². The number of hydrogen-bond acceptors (Lipinski definition) is 3. The third-order valence-electron chi connectivity index (χ3n) is 3.82. The molecule has 110 valence electrons. The lowest BCUT2D eigenvalue weighted by Crippen LogP contribution is -2.53. The summed E-state index contributed by atoms with van der Waals surface area (Å²) in [5.74, 6) is 0.0218. The number of rotatable bonds is 2. The Kier molecular flexibility index (Phi) is 3.34. The Labute approximate surface area is 130 Å². The van der Waals surface area contributed by atoms with Crippen LogP contribution in [0.2, 0.25) is 0 Å². The third kappa shape index (κ3) is 2.42. The van der Waals surface area contributed by atoms with Crippen LogP contribution in [0.25, 0.3) is 0 Å². The fourth-order valence-electron chi connectivity index (χ4n) is 2.73. The summed E-state index contributed by atoms with van der Waals surface area (Å²) in [6, 6.07) is 17.3. The molecule has 0 saturated carbocycles. The minimum Gasteiger partial charge on any atom is -0.370 e. The molecule has 4 nitrogen and oxygen atoms in total. The molecule has 1 aliphatic heterocycles. The van der Waals surface area contributed by atoms with Crippen LogP contribution in [0.4, 0.5) is 11.4 Å². The Balaban J connectivity index is 2.01. The fourth-order valence-corrected chi connectivity index (χ4v) is 2.73. The molecule has 0 atom stereocenters. The summed E-state index contributed by atoms with van der Waals surface area (Å²) in [5, 5.41) is 12.3. The highest BCUT2D eigenvalue weighted by Gasteiger charge is 2.38. The molecule has 1 heterocycles. The number of para-hydroxylation sites is 2. The van der Waals surface area contributed by atoms with Crippen molar-refractivity contribution in [1.29, 1.82) is 5.26 Å². The molecule has 4 heteroatoms. The Hall–Kier alpha value is -2.80. The van der Waals surface area contributed by atoms with Crippen molar-refractivity contribution >= 4 is 17.3 Å². The highest BCUT2D eigenvalue weighted by Crippen LogP contribution is 2.35. The van der Waals surface area contributed by atoms with Gasteiger partial charge in [0.1, 0.15) is 5.54 Å². The number of nitriles is 1. The second-order valence-corrected chi connectivity index (χ2v) is 5.97. The zero-order valence-electron chi connectivity index (χ0n) is 12.6. The Morgan fingerprint density at radius 2 is 1.95 bits per heavy atom. The van der Waals surface area contributed by atoms with Gasteiger partial charge in [-0.3, -0.25) is 4.79 Å². The summed E-state index contributed by atoms with van der Waals surface area (Å²) in [4.78, 5) is 14.5. The van der Waals surface area contributed by atoms with E-state index < -0.39 is 5.54 Å². The Morgan fingerprint density at radius 3 is 2.73 bits per heavy atom. The number of hydrogen-bond donors (Lipinski definition) is 1. The molecule has 0 radical (unpaired) electrons. The van der Waals surface area contributed by atoms with Gasteiger partial charge in [-0.05, 0) is 43.7 Å². The maximum Gasteiger partial charge on any atom is 0.252 e. The molecule has 2 aromatic rings. The average molecular weight is 291 g/mol. The van der Waals surface area contributed by atoms with Gasteiger partial charge in [0.2, 0.25) is 0 Å². The molecular formula is C18H17N3O. The van der Waals surface area contributed by atoms with Crippen molar-refractivity contribution in [3.05, 3.63) is 59.7 Å². The summed E-state index contributed by atoms with van der Waals surface area (Å²) in [6.07, 6.45) is 0. The van der Waals surface area contributed by atoms with Crippen LogP contribution in [0.5, 0.6) is 0 Å². The van der Waals surface area contributed by atoms with Crippen LogP contribution in [0, 0.1) is 11.3 Å². The van der Waals surface area contributed by atoms with Crippen molar-refractivity contribution in [1.82, 2.24) is 0 Å². The normalized spacial score (nSPS) is 15.7. The fraction of sp³-hybridized carbons (Fsp3) is 0.222. The maximum atomic E-state index is 12.8. The summed E-state index contributed by atoms with van der Waals surface area (Å²) in [7, 11) is 0. The van der Waals surface area contributed by atoms with E-state index in [2.05, 4.69) is 11.4 Å². The molecular weight excluding hydrogens is 274 g/mol. The third-order valence-corrected chi connectivity index (χ3v) is 3.82. The predicted octanol–water partition coefficient (Wildman–Crippen LogP) is 3.30. The van der Waals surface area contributed by atoms with Gasteiger partial charge in [0.05, 0.1) is 29.6 Å². The van der Waals surface area contributed by atoms with Crippen LogP contribution in [0.3, 0.4) is 0 Å². The van der Waals surface area contributed by atoms with Crippen molar-refractivity contribution in [2.75, 3.05) is 10.2 Å². The molecule has 0 fully saturated rings. The lowest BCUT2D eigenvalue weighted by Gasteiger charge is -2.40. The summed E-state index contributed by atoms with van der Waals surface area (Å²) in [6.45, 7) is 4.21. The van der Waals surface area contributed by atoms with E-state index in [1.54, 1.807) is 11.0 Å². The van der Waals surface area contributed by atoms with Gasteiger partial charge in [-0.1, -0.05) is 24.3 Å². The lowest BCUT2D eigenvalue weighted by atomic mass is 9.97. The number of benzene rings is 2. The highest BCUT2D eigenvalue weighted by molar-refractivity contribution is 6.07. The van der Waals surface area contributed by atoms with E-state index in [1.807, 2.05) is 56.3 Å². The zero-order valence-corrected chi connectivity index (χ0v) is 12.6. The van der Waals surface area contributed by atoms with Crippen LogP contribution in [0.15, 0.2) is 48.5 Å². The molecule has 0 aliphatic carbocycles. The van der Waals surface area contributed by atoms with Crippen molar-refractivity contribution in [2.45, 2.75) is 25.9 Å². The Bertz CT molecular complexity index is 774. The van der Waals surface area contributed by atoms with E-state index >= 15 is 0 Å². The first-order chi connectivity index (χ1) is 10.5. The van der Waals surface area contributed by atoms with Gasteiger partial charge in [0.15, 0.2) is 0 Å². The molecule has 1 N–H and O–H groups in total. The van der Waals surface area contributed by atoms with E-state index in [0.717, 1.165) is 16.9 Å². The first-order valence-corrected chi connectivity index (χ1v) is 7.19. The van der Waals surface area contributed by atoms with Gasteiger partial charge in [-0.25, -0.2) is 0 Å². The number of nitrogens with zero attached hydrogens (tertiary/aromatic N) is 2. The van der Waals surface area contributed by atoms with E-state index in [1.165, 1.54) is 0 Å². The largest absolute Gasteiger partial charge is 0.370 e. The van der Waals surface area contributed by atoms with Gasteiger partial charge < -0.3 is 10.2 Å². The van der Waals surface area contributed by atoms with Gasteiger partial charge in [-0.15, -0.1) is 0 Å². The molecule has 0 aromatic heterocycles. The molecule has 0 unspecified atom stereocenters. The van der Waals surface area contributed by atoms with Gasteiger partial charge >= 0.3 is 0 Å². The first kappa shape index (κ1) is 14.2. The van der Waals surface area contributed by atoms with Crippen molar-refractivity contribution in [3.8, 4) is 6.07 Å². The molecule has 0 bridgehead atoms. The second kappa shape index (κ2) is 5.19. The van der Waals surface area contributed by atoms with Crippen LogP contribution in [-0.2, 0) is 11.3 Å². The lowest BCUT2D eigenvalue weighted by molar-refractivity contribution is -0.122. The van der Waals surface area contributed by atoms with Crippen molar-refractivity contribution < 1.29 is 4.79 Å². The molecule has 3 rings (SSSR count). The van der Waals surface area contributed by atoms with Crippen molar-refractivity contribution in [2.24, 2.45) is 0 Å². The summed E-state index contributed by atoms with van der Waals surface area (Å²) >= 11 is 0. The van der Waals surface area contributed by atoms with Crippen LogP contribution < -0.4 is 10.2 Å². The monoisotopic (exact) mass is 291 g/mol. The molecule has 1 aliphatic rings. The minimum atomic E-state index is -0.652. The van der Waals surface area contributed by atoms with E-state index in [-0.39, 0.29) is 5.91 Å². The average Bonchev–Trinajstić information content (AvgIpc) is 2.51. The smallest absolute Gasteiger partial charge is 0.252 e. The van der Waals surface area contributed by atoms with Gasteiger partial charge in [0, 0.05) is 0 Å². The van der Waals surface area contributed by atoms with E-state index in [4.69, 9.17) is 5.26 Å². The number of amides is 1. The van der Waals surface area contributed by atoms with Crippen LogP contribution in [-0.4, -0.2) is 11.4 Å². The van der Waals surface area contributed by atoms with Crippen LogP contribution >= 0.6 is 0 Å². The molecule has 0 saturated heterocycles. The number of nitrogens with one attached hydrogen (secondary N) is 1. The predicted molar refractivity (Wildman–Crippen MR) is 86.5 cm³/mol. The Morgan fingerprint density at radius 1 is 1.18 bits per heavy atom. The van der Waals surface area contributed by atoms with Crippen molar-refractivity contribution in [3.63, 3.8) is 0 Å². The quantitative estimate of drug-likeness (QED) is 0.923. The molecule has 0 spiro atoms. The van der Waals surface area contributed by atoms with Crippen LogP contribution in [0.1, 0.15) is 25.0 Å². The zero-order chi connectivity index (χ0) is 15.7. The molecule has 2 aromatic carbocycles. The summed E-state index contributed by atoms with van der Waals surface area (Å²) < 4.78 is 0. The van der Waals surface area contributed by atoms with Gasteiger partial charge in [0.25, 0.3) is 5.91 Å². The SMILES string of the molecule is CC1(C)Nc2ccccc2N(Cc2cccc(C#N)c2)C1=O. The molecule has 22 heavy (non-hydrogen) atoms. The summed E-state index contributed by atoms with van der Waals surface area (Å²) in [5.41, 5.74) is 2.71.